The molecular weight excluding hydrogens is 334 g/mol. The third-order valence-corrected chi connectivity index (χ3v) is 4.79. The van der Waals surface area contributed by atoms with Crippen LogP contribution in [-0.2, 0) is 10.0 Å². The highest BCUT2D eigenvalue weighted by molar-refractivity contribution is 7.92. The predicted octanol–water partition coefficient (Wildman–Crippen LogP) is 2.51. The number of anilines is 1. The Labute approximate surface area is 139 Å². The van der Waals surface area contributed by atoms with Gasteiger partial charge in [0.1, 0.15) is 16.4 Å². The van der Waals surface area contributed by atoms with Crippen molar-refractivity contribution in [2.24, 2.45) is 0 Å². The van der Waals surface area contributed by atoms with Gasteiger partial charge in [-0.05, 0) is 36.8 Å². The fourth-order valence-electron chi connectivity index (χ4n) is 2.06. The molecule has 7 nitrogen and oxygen atoms in total. The van der Waals surface area contributed by atoms with Crippen LogP contribution in [0.15, 0.2) is 41.3 Å². The van der Waals surface area contributed by atoms with Gasteiger partial charge in [0.2, 0.25) is 0 Å². The maximum Gasteiger partial charge on any atom is 0.335 e. The molecule has 2 aromatic carbocycles. The molecule has 2 N–H and O–H groups in total. The summed E-state index contributed by atoms with van der Waals surface area (Å²) in [4.78, 5) is 11.0. The predicted molar refractivity (Wildman–Crippen MR) is 88.5 cm³/mol. The van der Waals surface area contributed by atoms with E-state index in [1.54, 1.807) is 6.92 Å². The van der Waals surface area contributed by atoms with E-state index in [1.807, 2.05) is 0 Å². The van der Waals surface area contributed by atoms with Crippen LogP contribution in [0, 0.1) is 6.92 Å². The van der Waals surface area contributed by atoms with Gasteiger partial charge in [0.15, 0.2) is 0 Å². The summed E-state index contributed by atoms with van der Waals surface area (Å²) in [5.74, 6) is -0.568. The minimum atomic E-state index is -3.97. The van der Waals surface area contributed by atoms with Gasteiger partial charge >= 0.3 is 5.97 Å². The number of hydrogen-bond donors (Lipinski definition) is 2. The Bertz CT molecular complexity index is 876. The number of carbonyl (C=O) groups is 1. The first-order chi connectivity index (χ1) is 11.3. The average Bonchev–Trinajstić information content (AvgIpc) is 2.55. The SMILES string of the molecule is COc1ccc(S(=O)(=O)Nc2cc(C(=O)O)ccc2C)c(OC)c1. The molecule has 0 aliphatic rings. The maximum absolute atomic E-state index is 12.6. The average molecular weight is 351 g/mol. The molecule has 0 radical (unpaired) electrons. The minimum Gasteiger partial charge on any atom is -0.497 e. The molecule has 0 fully saturated rings. The number of methoxy groups -OCH3 is 2. The molecule has 0 heterocycles. The Kier molecular flexibility index (Phi) is 4.99. The van der Waals surface area contributed by atoms with Gasteiger partial charge in [-0.1, -0.05) is 6.07 Å². The summed E-state index contributed by atoms with van der Waals surface area (Å²) < 4.78 is 37.8. The molecule has 0 unspecified atom stereocenters. The molecule has 0 saturated heterocycles. The second-order valence-electron chi connectivity index (χ2n) is 4.96. The second-order valence-corrected chi connectivity index (χ2v) is 6.61. The van der Waals surface area contributed by atoms with Crippen molar-refractivity contribution in [3.63, 3.8) is 0 Å². The first-order valence-electron chi connectivity index (χ1n) is 6.87. The molecular formula is C16H17NO6S. The molecule has 24 heavy (non-hydrogen) atoms. The van der Waals surface area contributed by atoms with E-state index in [4.69, 9.17) is 14.6 Å². The van der Waals surface area contributed by atoms with Crippen molar-refractivity contribution in [2.45, 2.75) is 11.8 Å². The zero-order valence-corrected chi connectivity index (χ0v) is 14.2. The van der Waals surface area contributed by atoms with Crippen LogP contribution in [0.2, 0.25) is 0 Å². The van der Waals surface area contributed by atoms with Crippen molar-refractivity contribution in [1.29, 1.82) is 0 Å². The Morgan fingerprint density at radius 2 is 1.79 bits per heavy atom. The van der Waals surface area contributed by atoms with Crippen LogP contribution in [0.25, 0.3) is 0 Å². The summed E-state index contributed by atoms with van der Waals surface area (Å²) in [5.41, 5.74) is 0.767. The molecule has 0 spiro atoms. The van der Waals surface area contributed by atoms with Crippen molar-refractivity contribution in [3.8, 4) is 11.5 Å². The van der Waals surface area contributed by atoms with Crippen LogP contribution >= 0.6 is 0 Å². The lowest BCUT2D eigenvalue weighted by molar-refractivity contribution is 0.0697. The van der Waals surface area contributed by atoms with Crippen LogP contribution < -0.4 is 14.2 Å². The summed E-state index contributed by atoms with van der Waals surface area (Å²) in [7, 11) is -1.16. The first kappa shape index (κ1) is 17.6. The summed E-state index contributed by atoms with van der Waals surface area (Å²) in [6.45, 7) is 1.68. The number of sulfonamides is 1. The van der Waals surface area contributed by atoms with Crippen LogP contribution in [0.5, 0.6) is 11.5 Å². The topological polar surface area (TPSA) is 102 Å². The van der Waals surface area contributed by atoms with E-state index in [-0.39, 0.29) is 21.9 Å². The van der Waals surface area contributed by atoms with Crippen molar-refractivity contribution in [3.05, 3.63) is 47.5 Å². The molecule has 2 aromatic rings. The zero-order valence-electron chi connectivity index (χ0n) is 13.4. The summed E-state index contributed by atoms with van der Waals surface area (Å²) in [6.07, 6.45) is 0. The van der Waals surface area contributed by atoms with Crippen LogP contribution in [0.4, 0.5) is 5.69 Å². The molecule has 0 aromatic heterocycles. The quantitative estimate of drug-likeness (QED) is 0.829. The monoisotopic (exact) mass is 351 g/mol. The molecule has 8 heteroatoms. The number of rotatable bonds is 6. The van der Waals surface area contributed by atoms with Gasteiger partial charge in [0, 0.05) is 6.07 Å². The Balaban J connectivity index is 2.46. The smallest absolute Gasteiger partial charge is 0.335 e. The van der Waals surface area contributed by atoms with Crippen molar-refractivity contribution >= 4 is 21.7 Å². The van der Waals surface area contributed by atoms with E-state index in [9.17, 15) is 13.2 Å². The second kappa shape index (κ2) is 6.79. The van der Waals surface area contributed by atoms with E-state index >= 15 is 0 Å². The Morgan fingerprint density at radius 3 is 2.38 bits per heavy atom. The normalized spacial score (nSPS) is 11.0. The number of benzene rings is 2. The number of carboxylic acids is 1. The molecule has 0 amide bonds. The van der Waals surface area contributed by atoms with Gasteiger partial charge in [-0.2, -0.15) is 0 Å². The van der Waals surface area contributed by atoms with Gasteiger partial charge in [-0.3, -0.25) is 4.72 Å². The highest BCUT2D eigenvalue weighted by Gasteiger charge is 2.21. The highest BCUT2D eigenvalue weighted by Crippen LogP contribution is 2.30. The molecule has 0 saturated carbocycles. The number of ether oxygens (including phenoxy) is 2. The van der Waals surface area contributed by atoms with Gasteiger partial charge in [0.25, 0.3) is 10.0 Å². The Hall–Kier alpha value is -2.74. The highest BCUT2D eigenvalue weighted by atomic mass is 32.2. The van der Waals surface area contributed by atoms with Gasteiger partial charge in [-0.15, -0.1) is 0 Å². The molecule has 0 aliphatic heterocycles. The van der Waals surface area contributed by atoms with Crippen LogP contribution in [0.3, 0.4) is 0 Å². The van der Waals surface area contributed by atoms with Gasteiger partial charge < -0.3 is 14.6 Å². The molecule has 0 bridgehead atoms. The third-order valence-electron chi connectivity index (χ3n) is 3.39. The standard InChI is InChI=1S/C16H17NO6S/c1-10-4-5-11(16(18)19)8-13(10)17-24(20,21)15-7-6-12(22-2)9-14(15)23-3/h4-9,17H,1-3H3,(H,18,19). The number of aromatic carboxylic acids is 1. The van der Waals surface area contributed by atoms with E-state index < -0.39 is 16.0 Å². The number of hydrogen-bond acceptors (Lipinski definition) is 5. The summed E-state index contributed by atoms with van der Waals surface area (Å²) in [5, 5.41) is 9.04. The van der Waals surface area contributed by atoms with Crippen molar-refractivity contribution in [1.82, 2.24) is 0 Å². The van der Waals surface area contributed by atoms with E-state index in [2.05, 4.69) is 4.72 Å². The minimum absolute atomic E-state index is 0.0139. The largest absolute Gasteiger partial charge is 0.497 e. The van der Waals surface area contributed by atoms with Gasteiger partial charge in [-0.25, -0.2) is 13.2 Å². The third kappa shape index (κ3) is 3.60. The summed E-state index contributed by atoms with van der Waals surface area (Å²) >= 11 is 0. The molecule has 0 aliphatic carbocycles. The van der Waals surface area contributed by atoms with E-state index in [0.29, 0.717) is 11.3 Å². The fraction of sp³-hybridized carbons (Fsp3) is 0.188. The lowest BCUT2D eigenvalue weighted by Crippen LogP contribution is -2.15. The molecule has 0 atom stereocenters. The lowest BCUT2D eigenvalue weighted by atomic mass is 10.1. The van der Waals surface area contributed by atoms with Crippen molar-refractivity contribution in [2.75, 3.05) is 18.9 Å². The van der Waals surface area contributed by atoms with Crippen LogP contribution in [-0.4, -0.2) is 33.7 Å². The molecule has 128 valence electrons. The molecule has 2 rings (SSSR count). The van der Waals surface area contributed by atoms with Crippen molar-refractivity contribution < 1.29 is 27.8 Å². The van der Waals surface area contributed by atoms with Crippen LogP contribution in [0.1, 0.15) is 15.9 Å². The van der Waals surface area contributed by atoms with Gasteiger partial charge in [0.05, 0.1) is 25.5 Å². The number of nitrogens with one attached hydrogen (secondary N) is 1. The number of aryl methyl sites for hydroxylation is 1. The maximum atomic E-state index is 12.6. The fourth-order valence-corrected chi connectivity index (χ4v) is 3.34. The van der Waals surface area contributed by atoms with E-state index in [0.717, 1.165) is 0 Å². The van der Waals surface area contributed by atoms with E-state index in [1.165, 1.54) is 50.6 Å². The Morgan fingerprint density at radius 1 is 1.08 bits per heavy atom. The number of carboxylic acid groups (broad SMARTS) is 1. The summed E-state index contributed by atoms with van der Waals surface area (Å²) in [6, 6.07) is 8.52. The first-order valence-corrected chi connectivity index (χ1v) is 8.35. The lowest BCUT2D eigenvalue weighted by Gasteiger charge is -2.14. The zero-order chi connectivity index (χ0) is 17.9.